The Hall–Kier alpha value is -3.32. The number of hydrazine groups is 1. The van der Waals surface area contributed by atoms with E-state index >= 15 is 0 Å². The molecule has 0 aliphatic heterocycles. The first-order valence-corrected chi connectivity index (χ1v) is 7.91. The lowest BCUT2D eigenvalue weighted by Crippen LogP contribution is -2.45. The van der Waals surface area contributed by atoms with Crippen LogP contribution in [-0.4, -0.2) is 18.4 Å². The fraction of sp³-hybridized carbons (Fsp3) is 0.0556. The highest BCUT2D eigenvalue weighted by Crippen LogP contribution is 2.15. The van der Waals surface area contributed by atoms with Gasteiger partial charge in [-0.3, -0.25) is 20.4 Å². The van der Waals surface area contributed by atoms with E-state index in [-0.39, 0.29) is 12.2 Å². The van der Waals surface area contributed by atoms with E-state index in [9.17, 15) is 14.4 Å². The minimum atomic E-state index is -0.798. The van der Waals surface area contributed by atoms with Gasteiger partial charge < -0.3 is 9.15 Å². The Bertz CT molecular complexity index is 1010. The average Bonchev–Trinajstić information content (AvgIpc) is 2.65. The van der Waals surface area contributed by atoms with Crippen LogP contribution in [0.1, 0.15) is 10.4 Å². The van der Waals surface area contributed by atoms with Gasteiger partial charge in [0.25, 0.3) is 11.8 Å². The molecule has 3 aromatic rings. The van der Waals surface area contributed by atoms with E-state index in [1.54, 1.807) is 48.5 Å². The van der Waals surface area contributed by atoms with Gasteiger partial charge in [-0.15, -0.1) is 0 Å². The van der Waals surface area contributed by atoms with Crippen molar-refractivity contribution in [2.45, 2.75) is 0 Å². The topological polar surface area (TPSA) is 97.6 Å². The Balaban J connectivity index is 1.58. The number of ether oxygens (including phenoxy) is 1. The number of hydrogen-bond acceptors (Lipinski definition) is 5. The molecule has 0 atom stereocenters. The van der Waals surface area contributed by atoms with Gasteiger partial charge in [0.2, 0.25) is 0 Å². The molecular formula is C18H13ClN2O5. The molecule has 2 amide bonds. The van der Waals surface area contributed by atoms with Gasteiger partial charge in [0, 0.05) is 10.4 Å². The molecule has 0 radical (unpaired) electrons. The molecular weight excluding hydrogens is 360 g/mol. The molecule has 0 saturated heterocycles. The number of benzene rings is 2. The molecule has 3 rings (SSSR count). The maximum Gasteiger partial charge on any atom is 0.349 e. The molecule has 1 aromatic heterocycles. The number of carbonyl (C=O) groups is 2. The van der Waals surface area contributed by atoms with Crippen molar-refractivity contribution < 1.29 is 18.7 Å². The lowest BCUT2D eigenvalue weighted by molar-refractivity contribution is -0.123. The van der Waals surface area contributed by atoms with Gasteiger partial charge in [-0.25, -0.2) is 4.79 Å². The maximum atomic E-state index is 12.1. The predicted molar refractivity (Wildman–Crippen MR) is 95.0 cm³/mol. The van der Waals surface area contributed by atoms with Crippen LogP contribution in [0.3, 0.4) is 0 Å². The Labute approximate surface area is 152 Å². The fourth-order valence-electron chi connectivity index (χ4n) is 2.13. The second-order valence-electron chi connectivity index (χ2n) is 5.23. The van der Waals surface area contributed by atoms with Crippen molar-refractivity contribution in [1.29, 1.82) is 0 Å². The van der Waals surface area contributed by atoms with Gasteiger partial charge in [0.05, 0.1) is 0 Å². The first kappa shape index (κ1) is 17.5. The molecule has 0 aliphatic rings. The van der Waals surface area contributed by atoms with Crippen LogP contribution >= 0.6 is 11.6 Å². The van der Waals surface area contributed by atoms with Gasteiger partial charge in [-0.2, -0.15) is 0 Å². The monoisotopic (exact) mass is 372 g/mol. The highest BCUT2D eigenvalue weighted by molar-refractivity contribution is 6.30. The van der Waals surface area contributed by atoms with Gasteiger partial charge in [-0.1, -0.05) is 29.8 Å². The Morgan fingerprint density at radius 3 is 2.54 bits per heavy atom. The zero-order chi connectivity index (χ0) is 18.5. The molecule has 0 bridgehead atoms. The van der Waals surface area contributed by atoms with Crippen LogP contribution in [0.15, 0.2) is 63.8 Å². The first-order chi connectivity index (χ1) is 12.5. The molecule has 0 saturated carbocycles. The summed E-state index contributed by atoms with van der Waals surface area (Å²) in [5.74, 6) is -0.936. The summed E-state index contributed by atoms with van der Waals surface area (Å²) >= 11 is 5.75. The van der Waals surface area contributed by atoms with Crippen molar-refractivity contribution in [1.82, 2.24) is 10.9 Å². The molecule has 26 heavy (non-hydrogen) atoms. The number of rotatable bonds is 4. The molecule has 2 N–H and O–H groups in total. The largest absolute Gasteiger partial charge is 0.484 e. The number of carbonyl (C=O) groups excluding carboxylic acids is 2. The predicted octanol–water partition coefficient (Wildman–Crippen LogP) is 2.29. The average molecular weight is 373 g/mol. The van der Waals surface area contributed by atoms with Crippen LogP contribution in [0.2, 0.25) is 5.02 Å². The normalized spacial score (nSPS) is 10.3. The number of fused-ring (bicyclic) bond motifs is 1. The van der Waals surface area contributed by atoms with Crippen LogP contribution in [0.25, 0.3) is 11.0 Å². The summed E-state index contributed by atoms with van der Waals surface area (Å²) in [6.45, 7) is -0.325. The van der Waals surface area contributed by atoms with Crippen molar-refractivity contribution >= 4 is 34.4 Å². The number of nitrogens with one attached hydrogen (secondary N) is 2. The Kier molecular flexibility index (Phi) is 5.19. The lowest BCUT2D eigenvalue weighted by atomic mass is 10.2. The van der Waals surface area contributed by atoms with E-state index in [2.05, 4.69) is 10.9 Å². The summed E-state index contributed by atoms with van der Waals surface area (Å²) in [7, 11) is 0. The first-order valence-electron chi connectivity index (χ1n) is 7.53. The van der Waals surface area contributed by atoms with Crippen molar-refractivity contribution in [3.8, 4) is 5.75 Å². The SMILES string of the molecule is O=C(COc1ccc(Cl)cc1)NNC(=O)c1cc2ccccc2oc1=O. The number of para-hydroxylation sites is 1. The molecule has 132 valence electrons. The highest BCUT2D eigenvalue weighted by Gasteiger charge is 2.14. The molecule has 1 heterocycles. The molecule has 0 fully saturated rings. The molecule has 2 aromatic carbocycles. The summed E-state index contributed by atoms with van der Waals surface area (Å²) in [6, 6.07) is 14.6. The summed E-state index contributed by atoms with van der Waals surface area (Å²) < 4.78 is 10.3. The summed E-state index contributed by atoms with van der Waals surface area (Å²) in [5.41, 5.74) is 3.67. The highest BCUT2D eigenvalue weighted by atomic mass is 35.5. The van der Waals surface area contributed by atoms with Crippen molar-refractivity contribution in [2.24, 2.45) is 0 Å². The molecule has 8 heteroatoms. The van der Waals surface area contributed by atoms with Gasteiger partial charge >= 0.3 is 5.63 Å². The number of halogens is 1. The summed E-state index contributed by atoms with van der Waals surface area (Å²) in [6.07, 6.45) is 0. The van der Waals surface area contributed by atoms with Crippen LogP contribution in [0.5, 0.6) is 5.75 Å². The molecule has 0 aliphatic carbocycles. The molecule has 0 spiro atoms. The van der Waals surface area contributed by atoms with Crippen LogP contribution in [-0.2, 0) is 4.79 Å². The van der Waals surface area contributed by atoms with Crippen LogP contribution < -0.4 is 21.2 Å². The quantitative estimate of drug-likeness (QED) is 0.541. The van der Waals surface area contributed by atoms with E-state index in [1.165, 1.54) is 6.07 Å². The summed E-state index contributed by atoms with van der Waals surface area (Å²) in [5, 5.41) is 1.14. The summed E-state index contributed by atoms with van der Waals surface area (Å²) in [4.78, 5) is 35.7. The van der Waals surface area contributed by atoms with Crippen molar-refractivity contribution in [2.75, 3.05) is 6.61 Å². The third kappa shape index (κ3) is 4.20. The Morgan fingerprint density at radius 1 is 1.04 bits per heavy atom. The van der Waals surface area contributed by atoms with E-state index in [0.717, 1.165) is 0 Å². The second kappa shape index (κ2) is 7.71. The molecule has 0 unspecified atom stereocenters. The minimum Gasteiger partial charge on any atom is -0.484 e. The van der Waals surface area contributed by atoms with E-state index < -0.39 is 17.4 Å². The third-order valence-corrected chi connectivity index (χ3v) is 3.64. The van der Waals surface area contributed by atoms with Crippen molar-refractivity contribution in [3.63, 3.8) is 0 Å². The van der Waals surface area contributed by atoms with Crippen molar-refractivity contribution in [3.05, 3.63) is 75.6 Å². The van der Waals surface area contributed by atoms with Gasteiger partial charge in [0.15, 0.2) is 6.61 Å². The minimum absolute atomic E-state index is 0.220. The Morgan fingerprint density at radius 2 is 1.77 bits per heavy atom. The standard InChI is InChI=1S/C18H13ClN2O5/c19-12-5-7-13(8-6-12)25-10-16(22)20-21-17(23)14-9-11-3-1-2-4-15(11)26-18(14)24/h1-9H,10H2,(H,20,22)(H,21,23). The fourth-order valence-corrected chi connectivity index (χ4v) is 2.26. The zero-order valence-corrected chi connectivity index (χ0v) is 14.1. The van der Waals surface area contributed by atoms with Crippen LogP contribution in [0.4, 0.5) is 0 Å². The van der Waals surface area contributed by atoms with E-state index in [4.69, 9.17) is 20.8 Å². The van der Waals surface area contributed by atoms with Gasteiger partial charge in [0.1, 0.15) is 16.9 Å². The van der Waals surface area contributed by atoms with Crippen LogP contribution in [0, 0.1) is 0 Å². The van der Waals surface area contributed by atoms with E-state index in [0.29, 0.717) is 21.7 Å². The number of hydrogen-bond donors (Lipinski definition) is 2. The smallest absolute Gasteiger partial charge is 0.349 e. The number of amides is 2. The van der Waals surface area contributed by atoms with E-state index in [1.807, 2.05) is 0 Å². The van der Waals surface area contributed by atoms with Gasteiger partial charge in [-0.05, 0) is 36.4 Å². The zero-order valence-electron chi connectivity index (χ0n) is 13.3. The third-order valence-electron chi connectivity index (χ3n) is 3.39. The lowest BCUT2D eigenvalue weighted by Gasteiger charge is -2.08. The maximum absolute atomic E-state index is 12.1. The second-order valence-corrected chi connectivity index (χ2v) is 5.67. The molecule has 7 nitrogen and oxygen atoms in total.